The van der Waals surface area contributed by atoms with Crippen molar-refractivity contribution in [1.29, 1.82) is 0 Å². The first-order valence-corrected chi connectivity index (χ1v) is 9.33. The lowest BCUT2D eigenvalue weighted by molar-refractivity contribution is -0.149. The van der Waals surface area contributed by atoms with Crippen molar-refractivity contribution < 1.29 is 23.9 Å². The third kappa shape index (κ3) is 4.39. The van der Waals surface area contributed by atoms with Crippen LogP contribution in [-0.2, 0) is 25.7 Å². The Morgan fingerprint density at radius 2 is 1.86 bits per heavy atom. The number of rotatable bonds is 5. The highest BCUT2D eigenvalue weighted by Gasteiger charge is 2.36. The van der Waals surface area contributed by atoms with Crippen LogP contribution in [0.2, 0.25) is 0 Å². The maximum atomic E-state index is 12.8. The number of nitrogens with zero attached hydrogens (tertiary/aromatic N) is 2. The average Bonchev–Trinajstić information content (AvgIpc) is 2.70. The van der Waals surface area contributed by atoms with E-state index in [0.717, 1.165) is 10.5 Å². The summed E-state index contributed by atoms with van der Waals surface area (Å²) in [5.74, 6) is -1.69. The number of piperidine rings is 1. The molecule has 1 aromatic carbocycles. The van der Waals surface area contributed by atoms with Crippen molar-refractivity contribution >= 4 is 23.8 Å². The summed E-state index contributed by atoms with van der Waals surface area (Å²) in [6.07, 6.45) is 2.67. The quantitative estimate of drug-likeness (QED) is 0.468. The van der Waals surface area contributed by atoms with Gasteiger partial charge in [0, 0.05) is 19.3 Å². The topological polar surface area (TPSA) is 96.0 Å². The van der Waals surface area contributed by atoms with Crippen LogP contribution < -0.4 is 5.32 Å². The highest BCUT2D eigenvalue weighted by Crippen LogP contribution is 2.21. The van der Waals surface area contributed by atoms with Crippen molar-refractivity contribution in [2.24, 2.45) is 5.92 Å². The van der Waals surface area contributed by atoms with Crippen LogP contribution in [0.4, 0.5) is 4.79 Å². The molecule has 0 aliphatic carbocycles. The molecule has 1 aromatic rings. The molecule has 2 aliphatic rings. The van der Waals surface area contributed by atoms with E-state index in [1.807, 2.05) is 23.1 Å². The first kappa shape index (κ1) is 19.6. The molecule has 2 heterocycles. The highest BCUT2D eigenvalue weighted by atomic mass is 16.5. The van der Waals surface area contributed by atoms with Gasteiger partial charge in [0.2, 0.25) is 0 Å². The number of esters is 1. The van der Waals surface area contributed by atoms with Gasteiger partial charge >= 0.3 is 12.0 Å². The summed E-state index contributed by atoms with van der Waals surface area (Å²) < 4.78 is 5.05. The molecule has 8 nitrogen and oxygen atoms in total. The molecule has 0 unspecified atom stereocenters. The van der Waals surface area contributed by atoms with Gasteiger partial charge in [-0.1, -0.05) is 30.3 Å². The molecule has 8 heteroatoms. The van der Waals surface area contributed by atoms with Gasteiger partial charge in [0.1, 0.15) is 5.57 Å². The van der Waals surface area contributed by atoms with Crippen LogP contribution in [0.5, 0.6) is 0 Å². The molecule has 0 aromatic heterocycles. The van der Waals surface area contributed by atoms with Gasteiger partial charge in [-0.15, -0.1) is 0 Å². The van der Waals surface area contributed by atoms with Crippen LogP contribution in [0.15, 0.2) is 42.1 Å². The monoisotopic (exact) mass is 385 g/mol. The maximum Gasteiger partial charge on any atom is 0.331 e. The van der Waals surface area contributed by atoms with E-state index in [-0.39, 0.29) is 24.0 Å². The van der Waals surface area contributed by atoms with Crippen LogP contribution in [0.25, 0.3) is 0 Å². The Morgan fingerprint density at radius 1 is 1.18 bits per heavy atom. The summed E-state index contributed by atoms with van der Waals surface area (Å²) >= 11 is 0. The fourth-order valence-electron chi connectivity index (χ4n) is 3.30. The van der Waals surface area contributed by atoms with Crippen molar-refractivity contribution in [1.82, 2.24) is 15.1 Å². The zero-order valence-electron chi connectivity index (χ0n) is 15.7. The van der Waals surface area contributed by atoms with Crippen LogP contribution in [0.3, 0.4) is 0 Å². The van der Waals surface area contributed by atoms with Gasteiger partial charge in [-0.05, 0) is 25.3 Å². The first-order chi connectivity index (χ1) is 13.5. The molecule has 0 atom stereocenters. The third-order valence-corrected chi connectivity index (χ3v) is 4.83. The van der Waals surface area contributed by atoms with E-state index >= 15 is 0 Å². The zero-order valence-corrected chi connectivity index (χ0v) is 15.7. The Kier molecular flexibility index (Phi) is 6.08. The standard InChI is InChI=1S/C20H23N3O5/c1-2-28-19(26)15-8-10-22(11-9-15)13-16-17(24)21-20(27)23(18(16)25)12-14-6-4-3-5-7-14/h3-7,13,15H,2,8-12H2,1H3,(H,21,24,27)/b16-13+. The maximum absolute atomic E-state index is 12.8. The summed E-state index contributed by atoms with van der Waals surface area (Å²) in [5, 5.41) is 2.22. The number of urea groups is 1. The molecule has 3 rings (SSSR count). The molecule has 0 saturated carbocycles. The molecule has 4 amide bonds. The largest absolute Gasteiger partial charge is 0.466 e. The molecule has 0 spiro atoms. The summed E-state index contributed by atoms with van der Waals surface area (Å²) in [6.45, 7) is 3.26. The van der Waals surface area contributed by atoms with Gasteiger partial charge in [0.05, 0.1) is 19.1 Å². The molecule has 28 heavy (non-hydrogen) atoms. The van der Waals surface area contributed by atoms with E-state index in [1.165, 1.54) is 6.20 Å². The van der Waals surface area contributed by atoms with Gasteiger partial charge in [0.25, 0.3) is 11.8 Å². The van der Waals surface area contributed by atoms with E-state index in [4.69, 9.17) is 4.74 Å². The SMILES string of the molecule is CCOC(=O)C1CCN(/C=C2\C(=O)NC(=O)N(Cc3ccccc3)C2=O)CC1. The van der Waals surface area contributed by atoms with Crippen LogP contribution in [0.1, 0.15) is 25.3 Å². The van der Waals surface area contributed by atoms with Gasteiger partial charge in [0.15, 0.2) is 0 Å². The van der Waals surface area contributed by atoms with E-state index < -0.39 is 17.8 Å². The number of benzene rings is 1. The summed E-state index contributed by atoms with van der Waals surface area (Å²) in [4.78, 5) is 51.8. The lowest BCUT2D eigenvalue weighted by atomic mass is 9.97. The second-order valence-electron chi connectivity index (χ2n) is 6.74. The predicted octanol–water partition coefficient (Wildman–Crippen LogP) is 1.42. The summed E-state index contributed by atoms with van der Waals surface area (Å²) in [5.41, 5.74) is 0.708. The molecule has 0 bridgehead atoms. The summed E-state index contributed by atoms with van der Waals surface area (Å²) in [6, 6.07) is 8.36. The number of imide groups is 2. The molecule has 148 valence electrons. The smallest absolute Gasteiger partial charge is 0.331 e. The summed E-state index contributed by atoms with van der Waals surface area (Å²) in [7, 11) is 0. The van der Waals surface area contributed by atoms with Gasteiger partial charge in [-0.2, -0.15) is 0 Å². The second kappa shape index (κ2) is 8.69. The molecular weight excluding hydrogens is 362 g/mol. The Balaban J connectivity index is 1.68. The van der Waals surface area contributed by atoms with E-state index in [9.17, 15) is 19.2 Å². The van der Waals surface area contributed by atoms with Crippen LogP contribution in [-0.4, -0.2) is 53.3 Å². The van der Waals surface area contributed by atoms with Crippen molar-refractivity contribution in [2.45, 2.75) is 26.3 Å². The van der Waals surface area contributed by atoms with Gasteiger partial charge in [-0.3, -0.25) is 24.6 Å². The number of carbonyl (C=O) groups excluding carboxylic acids is 4. The fourth-order valence-corrected chi connectivity index (χ4v) is 3.30. The Labute approximate surface area is 163 Å². The number of ether oxygens (including phenoxy) is 1. The normalized spacial score (nSPS) is 19.8. The minimum Gasteiger partial charge on any atom is -0.466 e. The molecule has 2 aliphatic heterocycles. The Bertz CT molecular complexity index is 797. The highest BCUT2D eigenvalue weighted by molar-refractivity contribution is 6.28. The molecule has 2 fully saturated rings. The fraction of sp³-hybridized carbons (Fsp3) is 0.400. The molecule has 0 radical (unpaired) electrons. The lowest BCUT2D eigenvalue weighted by Gasteiger charge is -2.32. The van der Waals surface area contributed by atoms with Crippen molar-refractivity contribution in [2.75, 3.05) is 19.7 Å². The number of amides is 4. The van der Waals surface area contributed by atoms with Gasteiger partial charge in [-0.25, -0.2) is 4.79 Å². The third-order valence-electron chi connectivity index (χ3n) is 4.83. The lowest BCUT2D eigenvalue weighted by Crippen LogP contribution is -2.54. The zero-order chi connectivity index (χ0) is 20.1. The Morgan fingerprint density at radius 3 is 2.50 bits per heavy atom. The molecular formula is C20H23N3O5. The van der Waals surface area contributed by atoms with Crippen molar-refractivity contribution in [3.8, 4) is 0 Å². The van der Waals surface area contributed by atoms with Gasteiger partial charge < -0.3 is 9.64 Å². The number of barbiturate groups is 1. The van der Waals surface area contributed by atoms with E-state index in [1.54, 1.807) is 19.1 Å². The Hall–Kier alpha value is -3.16. The van der Waals surface area contributed by atoms with Crippen molar-refractivity contribution in [3.63, 3.8) is 0 Å². The second-order valence-corrected chi connectivity index (χ2v) is 6.74. The minimum absolute atomic E-state index is 0.0786. The van der Waals surface area contributed by atoms with E-state index in [0.29, 0.717) is 32.5 Å². The minimum atomic E-state index is -0.725. The molecule has 1 N–H and O–H groups in total. The van der Waals surface area contributed by atoms with Crippen molar-refractivity contribution in [3.05, 3.63) is 47.7 Å². The molecule has 2 saturated heterocycles. The number of carbonyl (C=O) groups is 4. The number of hydrogen-bond donors (Lipinski definition) is 1. The first-order valence-electron chi connectivity index (χ1n) is 9.33. The number of hydrogen-bond acceptors (Lipinski definition) is 6. The van der Waals surface area contributed by atoms with Crippen LogP contribution >= 0.6 is 0 Å². The van der Waals surface area contributed by atoms with E-state index in [2.05, 4.69) is 5.32 Å². The van der Waals surface area contributed by atoms with Crippen LogP contribution in [0, 0.1) is 5.92 Å². The number of likely N-dealkylation sites (tertiary alicyclic amines) is 1. The number of nitrogens with one attached hydrogen (secondary N) is 1. The predicted molar refractivity (Wildman–Crippen MR) is 99.5 cm³/mol. The average molecular weight is 385 g/mol.